The first-order valence-corrected chi connectivity index (χ1v) is 11.2. The largest absolute Gasteiger partial charge is 0.497 e. The van der Waals surface area contributed by atoms with E-state index in [-0.39, 0.29) is 5.91 Å². The van der Waals surface area contributed by atoms with Gasteiger partial charge in [-0.1, -0.05) is 13.0 Å². The van der Waals surface area contributed by atoms with Crippen LogP contribution in [0.2, 0.25) is 0 Å². The Morgan fingerprint density at radius 1 is 0.938 bits per heavy atom. The Kier molecular flexibility index (Phi) is 8.39. The van der Waals surface area contributed by atoms with E-state index in [0.29, 0.717) is 51.9 Å². The summed E-state index contributed by atoms with van der Waals surface area (Å²) < 4.78 is 23.2. The number of hydrogen-bond donors (Lipinski definition) is 1. The molecule has 0 saturated carbocycles. The van der Waals surface area contributed by atoms with Gasteiger partial charge >= 0.3 is 0 Å². The van der Waals surface area contributed by atoms with Crippen molar-refractivity contribution >= 4 is 27.5 Å². The number of nitrogens with one attached hydrogen (secondary N) is 1. The Labute approximate surface area is 196 Å². The van der Waals surface area contributed by atoms with Crippen LogP contribution in [0.3, 0.4) is 0 Å². The highest BCUT2D eigenvalue weighted by Crippen LogP contribution is 2.37. The van der Waals surface area contributed by atoms with E-state index in [0.717, 1.165) is 12.2 Å². The first-order valence-electron chi connectivity index (χ1n) is 10.4. The van der Waals surface area contributed by atoms with Crippen LogP contribution in [0.1, 0.15) is 30.6 Å². The van der Waals surface area contributed by atoms with Gasteiger partial charge in [-0.2, -0.15) is 0 Å². The molecule has 0 unspecified atom stereocenters. The second-order valence-corrected chi connectivity index (χ2v) is 7.68. The molecule has 0 spiro atoms. The molecule has 3 aromatic carbocycles. The van der Waals surface area contributed by atoms with Crippen LogP contribution < -0.4 is 24.3 Å². The SMILES string of the molecule is CCCOc1c(Br)cc(C(=O)Nc2ccc(Oc3cccc(OC)c3)cc2)cc1OCC. The van der Waals surface area contributed by atoms with Gasteiger partial charge in [0.25, 0.3) is 5.91 Å². The van der Waals surface area contributed by atoms with Gasteiger partial charge < -0.3 is 24.3 Å². The van der Waals surface area contributed by atoms with Crippen molar-refractivity contribution < 1.29 is 23.7 Å². The maximum Gasteiger partial charge on any atom is 0.255 e. The summed E-state index contributed by atoms with van der Waals surface area (Å²) in [4.78, 5) is 12.8. The smallest absolute Gasteiger partial charge is 0.255 e. The second kappa shape index (κ2) is 11.4. The summed E-state index contributed by atoms with van der Waals surface area (Å²) in [5, 5.41) is 2.90. The monoisotopic (exact) mass is 499 g/mol. The lowest BCUT2D eigenvalue weighted by Gasteiger charge is -2.15. The molecule has 7 heteroatoms. The van der Waals surface area contributed by atoms with Crippen molar-refractivity contribution in [2.24, 2.45) is 0 Å². The van der Waals surface area contributed by atoms with Crippen molar-refractivity contribution in [3.05, 3.63) is 70.7 Å². The fourth-order valence-electron chi connectivity index (χ4n) is 2.92. The zero-order chi connectivity index (χ0) is 22.9. The summed E-state index contributed by atoms with van der Waals surface area (Å²) in [5.41, 5.74) is 1.11. The Balaban J connectivity index is 1.71. The molecule has 168 valence electrons. The first kappa shape index (κ1) is 23.5. The Morgan fingerprint density at radius 3 is 2.38 bits per heavy atom. The molecule has 0 radical (unpaired) electrons. The highest BCUT2D eigenvalue weighted by Gasteiger charge is 2.16. The molecule has 0 heterocycles. The molecular formula is C25H26BrNO5. The number of anilines is 1. The van der Waals surface area contributed by atoms with E-state index in [4.69, 9.17) is 18.9 Å². The molecule has 1 amide bonds. The zero-order valence-electron chi connectivity index (χ0n) is 18.3. The Bertz CT molecular complexity index is 1050. The van der Waals surface area contributed by atoms with Gasteiger partial charge in [0, 0.05) is 17.3 Å². The molecule has 0 aliphatic carbocycles. The van der Waals surface area contributed by atoms with Crippen molar-refractivity contribution in [3.63, 3.8) is 0 Å². The van der Waals surface area contributed by atoms with Gasteiger partial charge in [-0.15, -0.1) is 0 Å². The molecule has 3 rings (SSSR count). The molecule has 32 heavy (non-hydrogen) atoms. The van der Waals surface area contributed by atoms with Crippen molar-refractivity contribution in [1.29, 1.82) is 0 Å². The number of halogens is 1. The van der Waals surface area contributed by atoms with Crippen molar-refractivity contribution in [2.45, 2.75) is 20.3 Å². The Hall–Kier alpha value is -3.19. The molecule has 0 aliphatic heterocycles. The van der Waals surface area contributed by atoms with Gasteiger partial charge in [0.1, 0.15) is 17.2 Å². The molecule has 0 bridgehead atoms. The molecule has 0 aromatic heterocycles. The van der Waals surface area contributed by atoms with Crippen LogP contribution in [-0.2, 0) is 0 Å². The molecular weight excluding hydrogens is 474 g/mol. The van der Waals surface area contributed by atoms with Crippen LogP contribution in [-0.4, -0.2) is 26.2 Å². The summed E-state index contributed by atoms with van der Waals surface area (Å²) in [7, 11) is 1.61. The zero-order valence-corrected chi connectivity index (χ0v) is 19.9. The minimum Gasteiger partial charge on any atom is -0.497 e. The summed E-state index contributed by atoms with van der Waals surface area (Å²) >= 11 is 3.49. The number of rotatable bonds is 10. The molecule has 0 saturated heterocycles. The fraction of sp³-hybridized carbons (Fsp3) is 0.240. The number of benzene rings is 3. The highest BCUT2D eigenvalue weighted by molar-refractivity contribution is 9.10. The van der Waals surface area contributed by atoms with Gasteiger partial charge in [-0.25, -0.2) is 0 Å². The predicted octanol–water partition coefficient (Wildman–Crippen LogP) is 6.69. The average Bonchev–Trinajstić information content (AvgIpc) is 2.80. The van der Waals surface area contributed by atoms with Gasteiger partial charge in [-0.05, 0) is 77.8 Å². The lowest BCUT2D eigenvalue weighted by atomic mass is 10.1. The van der Waals surface area contributed by atoms with E-state index >= 15 is 0 Å². The third kappa shape index (κ3) is 6.17. The van der Waals surface area contributed by atoms with E-state index in [2.05, 4.69) is 21.2 Å². The van der Waals surface area contributed by atoms with E-state index in [1.807, 2.05) is 32.0 Å². The van der Waals surface area contributed by atoms with Crippen LogP contribution >= 0.6 is 15.9 Å². The summed E-state index contributed by atoms with van der Waals surface area (Å²) in [6.45, 7) is 4.95. The maximum atomic E-state index is 12.8. The van der Waals surface area contributed by atoms with Crippen molar-refractivity contribution in [2.75, 3.05) is 25.6 Å². The number of amides is 1. The summed E-state index contributed by atoms with van der Waals surface area (Å²) in [5.74, 6) is 2.91. The molecule has 1 N–H and O–H groups in total. The molecule has 0 fully saturated rings. The normalized spacial score (nSPS) is 10.4. The third-order valence-electron chi connectivity index (χ3n) is 4.41. The number of hydrogen-bond acceptors (Lipinski definition) is 5. The highest BCUT2D eigenvalue weighted by atomic mass is 79.9. The number of carbonyl (C=O) groups is 1. The van der Waals surface area contributed by atoms with E-state index in [1.165, 1.54) is 0 Å². The average molecular weight is 500 g/mol. The number of carbonyl (C=O) groups excluding carboxylic acids is 1. The van der Waals surface area contributed by atoms with E-state index in [9.17, 15) is 4.79 Å². The fourth-order valence-corrected chi connectivity index (χ4v) is 3.47. The van der Waals surface area contributed by atoms with Gasteiger partial charge in [0.2, 0.25) is 0 Å². The lowest BCUT2D eigenvalue weighted by molar-refractivity contribution is 0.102. The minimum absolute atomic E-state index is 0.254. The van der Waals surface area contributed by atoms with Crippen LogP contribution in [0, 0.1) is 0 Å². The molecule has 0 aliphatic rings. The third-order valence-corrected chi connectivity index (χ3v) is 5.00. The van der Waals surface area contributed by atoms with Crippen LogP contribution in [0.25, 0.3) is 0 Å². The molecule has 3 aromatic rings. The molecule has 0 atom stereocenters. The molecule has 6 nitrogen and oxygen atoms in total. The van der Waals surface area contributed by atoms with Gasteiger partial charge in [0.05, 0.1) is 24.8 Å². The quantitative estimate of drug-likeness (QED) is 0.336. The van der Waals surface area contributed by atoms with Crippen LogP contribution in [0.5, 0.6) is 28.7 Å². The van der Waals surface area contributed by atoms with E-state index in [1.54, 1.807) is 49.6 Å². The van der Waals surface area contributed by atoms with Crippen molar-refractivity contribution in [1.82, 2.24) is 0 Å². The predicted molar refractivity (Wildman–Crippen MR) is 129 cm³/mol. The van der Waals surface area contributed by atoms with Gasteiger partial charge in [-0.3, -0.25) is 4.79 Å². The summed E-state index contributed by atoms with van der Waals surface area (Å²) in [6.07, 6.45) is 0.873. The lowest BCUT2D eigenvalue weighted by Crippen LogP contribution is -2.12. The summed E-state index contributed by atoms with van der Waals surface area (Å²) in [6, 6.07) is 17.9. The topological polar surface area (TPSA) is 66.0 Å². The standard InChI is InChI=1S/C25H26BrNO5/c1-4-13-31-24-22(26)14-17(15-23(24)30-5-2)25(28)27-18-9-11-19(12-10-18)32-21-8-6-7-20(16-21)29-3/h6-12,14-16H,4-5,13H2,1-3H3,(H,27,28). The van der Waals surface area contributed by atoms with E-state index < -0.39 is 0 Å². The number of methoxy groups -OCH3 is 1. The first-order chi connectivity index (χ1) is 15.5. The maximum absolute atomic E-state index is 12.8. The van der Waals surface area contributed by atoms with Crippen molar-refractivity contribution in [3.8, 4) is 28.7 Å². The minimum atomic E-state index is -0.254. The van der Waals surface area contributed by atoms with Crippen LogP contribution in [0.15, 0.2) is 65.1 Å². The van der Waals surface area contributed by atoms with Gasteiger partial charge in [0.15, 0.2) is 11.5 Å². The number of ether oxygens (including phenoxy) is 4. The second-order valence-electron chi connectivity index (χ2n) is 6.83. The Morgan fingerprint density at radius 2 is 1.69 bits per heavy atom. The van der Waals surface area contributed by atoms with Crippen LogP contribution in [0.4, 0.5) is 5.69 Å².